The van der Waals surface area contributed by atoms with Crippen LogP contribution in [0.15, 0.2) is 0 Å². The summed E-state index contributed by atoms with van der Waals surface area (Å²) in [5.74, 6) is 0. The Kier molecular flexibility index (Phi) is 22.0. The average Bonchev–Trinajstić information content (AvgIpc) is 1.25. The number of hydrogen-bond donors (Lipinski definition) is 4. The summed E-state index contributed by atoms with van der Waals surface area (Å²) in [6.07, 6.45) is 0. The fourth-order valence-electron chi connectivity index (χ4n) is 0. The van der Waals surface area contributed by atoms with E-state index in [1.54, 1.807) is 0 Å². The molecule has 0 aliphatic carbocycles. The van der Waals surface area contributed by atoms with E-state index in [2.05, 4.69) is 0 Å². The zero-order valence-electron chi connectivity index (χ0n) is 3.65. The van der Waals surface area contributed by atoms with Crippen LogP contribution in [-0.4, -0.2) is 87.6 Å². The van der Waals surface area contributed by atoms with E-state index in [1.807, 2.05) is 0 Å². The van der Waals surface area contributed by atoms with E-state index in [0.717, 1.165) is 0 Å². The van der Waals surface area contributed by atoms with E-state index in [4.69, 9.17) is 24.1 Å². The van der Waals surface area contributed by atoms with Gasteiger partial charge in [-0.3, -0.25) is 8.78 Å². The molecule has 0 spiro atoms. The van der Waals surface area contributed by atoms with Crippen LogP contribution in [0.1, 0.15) is 0 Å². The third-order valence-electron chi connectivity index (χ3n) is 0. The van der Waals surface area contributed by atoms with Gasteiger partial charge >= 0.3 is 68.0 Å². The Bertz CT molecular complexity index is 61.2. The van der Waals surface area contributed by atoms with Gasteiger partial charge in [0.15, 0.2) is 0 Å². The van der Waals surface area contributed by atoms with E-state index >= 15 is 0 Å². The predicted molar refractivity (Wildman–Crippen MR) is 29.3 cm³/mol. The normalized spacial score (nSPS) is 5.67. The van der Waals surface area contributed by atoms with Gasteiger partial charge in [0.25, 0.3) is 0 Å². The van der Waals surface area contributed by atoms with Crippen LogP contribution in [0.3, 0.4) is 0 Å². The summed E-state index contributed by atoms with van der Waals surface area (Å²) in [6.45, 7) is 0. The van der Waals surface area contributed by atoms with Crippen molar-refractivity contribution >= 4 is 68.0 Å². The second kappa shape index (κ2) is 11.9. The molecule has 0 aromatic carbocycles. The number of hydrogen-bond acceptors (Lipinski definition) is 3. The van der Waals surface area contributed by atoms with E-state index in [9.17, 15) is 4.32 Å². The summed E-state index contributed by atoms with van der Waals surface area (Å²) in [4.78, 5) is 14.3. The van der Waals surface area contributed by atoms with Gasteiger partial charge in [0.05, 0.1) is 0 Å². The van der Waals surface area contributed by atoms with Crippen molar-refractivity contribution in [2.75, 3.05) is 0 Å². The molecule has 0 saturated heterocycles. The first kappa shape index (κ1) is 16.6. The zero-order chi connectivity index (χ0) is 7.15. The number of halogens is 1. The van der Waals surface area contributed by atoms with E-state index in [-0.39, 0.29) is 51.4 Å². The van der Waals surface area contributed by atoms with Crippen LogP contribution in [0.4, 0.5) is 4.32 Å². The van der Waals surface area contributed by atoms with Gasteiger partial charge in [-0.1, -0.05) is 0 Å². The molecule has 0 amide bonds. The third-order valence-corrected chi connectivity index (χ3v) is 0. The number of rotatable bonds is 0. The Hall–Kier alpha value is 1.17. The molecule has 0 heterocycles. The first-order valence-corrected chi connectivity index (χ1v) is 2.69. The maximum absolute atomic E-state index is 10.1. The topological polar surface area (TPSA) is 98.0 Å². The molecule has 9 heavy (non-hydrogen) atoms. The van der Waals surface area contributed by atoms with Gasteiger partial charge in [-0.05, 0) is 0 Å². The standard InChI is InChI=1S/BFH2O2.K.H2O3Si.H/c2-1(3)4;;1-4(2)3;/h3-4H;;1-2H;. The Morgan fingerprint density at radius 1 is 1.33 bits per heavy atom. The fourth-order valence-corrected chi connectivity index (χ4v) is 0. The Balaban J connectivity index is -0.0000000720. The fraction of sp³-hybridized carbons (Fsp3) is 0. The van der Waals surface area contributed by atoms with Crippen LogP contribution in [-0.2, 0) is 4.46 Å². The second-order valence-corrected chi connectivity index (χ2v) is 1.16. The zero-order valence-corrected chi connectivity index (χ0v) is 4.65. The first-order valence-electron chi connectivity index (χ1n) is 1.39. The monoisotopic (exact) mass is 182 g/mol. The second-order valence-electron chi connectivity index (χ2n) is 0.593. The van der Waals surface area contributed by atoms with Gasteiger partial charge in [0.2, 0.25) is 0 Å². The minimum absolute atomic E-state index is 0. The molecular weight excluding hydrogens is 177 g/mol. The summed E-state index contributed by atoms with van der Waals surface area (Å²) in [5, 5.41) is 13.9. The Morgan fingerprint density at radius 3 is 1.33 bits per heavy atom. The predicted octanol–water partition coefficient (Wildman–Crippen LogP) is -3.34. The molecule has 0 aliphatic heterocycles. The van der Waals surface area contributed by atoms with Crippen molar-refractivity contribution in [3.8, 4) is 0 Å². The van der Waals surface area contributed by atoms with Crippen LogP contribution in [0.25, 0.3) is 0 Å². The van der Waals surface area contributed by atoms with Crippen LogP contribution in [0.2, 0.25) is 0 Å². The summed E-state index contributed by atoms with van der Waals surface area (Å²) in [7, 11) is -5.80. The molecular formula is H5BFKO5Si. The summed E-state index contributed by atoms with van der Waals surface area (Å²) < 4.78 is 18.9. The van der Waals surface area contributed by atoms with Crippen LogP contribution in [0.5, 0.6) is 0 Å². The quantitative estimate of drug-likeness (QED) is 0.293. The molecule has 0 radical (unpaired) electrons. The third kappa shape index (κ3) is 345. The maximum atomic E-state index is 10.1. The summed E-state index contributed by atoms with van der Waals surface area (Å²) >= 11 is 0. The Labute approximate surface area is 95.0 Å². The molecule has 0 fully saturated rings. The van der Waals surface area contributed by atoms with Crippen LogP contribution in [0, 0.1) is 0 Å². The van der Waals surface area contributed by atoms with Crippen LogP contribution >= 0.6 is 0 Å². The molecule has 5 nitrogen and oxygen atoms in total. The molecule has 0 bridgehead atoms. The van der Waals surface area contributed by atoms with Gasteiger partial charge in [-0.2, -0.15) is 0 Å². The molecule has 0 aromatic rings. The van der Waals surface area contributed by atoms with Gasteiger partial charge in [-0.15, -0.1) is 0 Å². The molecule has 0 rings (SSSR count). The van der Waals surface area contributed by atoms with Crippen molar-refractivity contribution in [1.82, 2.24) is 0 Å². The molecule has 4 N–H and O–H groups in total. The van der Waals surface area contributed by atoms with Crippen LogP contribution < -0.4 is 0 Å². The van der Waals surface area contributed by atoms with Crippen molar-refractivity contribution in [1.29, 1.82) is 0 Å². The minimum atomic E-state index is -3.13. The van der Waals surface area contributed by atoms with E-state index < -0.39 is 16.6 Å². The first-order chi connectivity index (χ1) is 3.46. The molecule has 0 aliphatic rings. The van der Waals surface area contributed by atoms with E-state index in [1.165, 1.54) is 0 Å². The van der Waals surface area contributed by atoms with Gasteiger partial charge in [0.1, 0.15) is 0 Å². The molecule has 50 valence electrons. The van der Waals surface area contributed by atoms with Crippen molar-refractivity contribution in [2.45, 2.75) is 0 Å². The molecule has 0 aromatic heterocycles. The molecule has 0 unspecified atom stereocenters. The SMILES string of the molecule is O=[Si](O)O.OB(O)F.[KH]. The molecule has 0 saturated carbocycles. The van der Waals surface area contributed by atoms with Crippen molar-refractivity contribution < 1.29 is 28.4 Å². The average molecular weight is 182 g/mol. The van der Waals surface area contributed by atoms with Crippen molar-refractivity contribution in [3.63, 3.8) is 0 Å². The van der Waals surface area contributed by atoms with Gasteiger partial charge in [0, 0.05) is 0 Å². The molecule has 9 heteroatoms. The Morgan fingerprint density at radius 2 is 1.33 bits per heavy atom. The van der Waals surface area contributed by atoms with Gasteiger partial charge in [-0.25, -0.2) is 0 Å². The van der Waals surface area contributed by atoms with Crippen molar-refractivity contribution in [2.24, 2.45) is 0 Å². The van der Waals surface area contributed by atoms with Crippen molar-refractivity contribution in [3.05, 3.63) is 0 Å². The molecule has 0 atom stereocenters. The van der Waals surface area contributed by atoms with E-state index in [0.29, 0.717) is 0 Å². The summed E-state index contributed by atoms with van der Waals surface area (Å²) in [5.41, 5.74) is 0. The van der Waals surface area contributed by atoms with Gasteiger partial charge < -0.3 is 19.6 Å². The summed E-state index contributed by atoms with van der Waals surface area (Å²) in [6, 6.07) is 0.